The summed E-state index contributed by atoms with van der Waals surface area (Å²) in [7, 11) is 1.55. The highest BCUT2D eigenvalue weighted by molar-refractivity contribution is 6.39. The average molecular weight is 488 g/mol. The largest absolute Gasteiger partial charge is 0.497 e. The fourth-order valence-electron chi connectivity index (χ4n) is 2.80. The van der Waals surface area contributed by atoms with E-state index in [1.807, 2.05) is 0 Å². The summed E-state index contributed by atoms with van der Waals surface area (Å²) < 4.78 is 21.3. The molecule has 10 heteroatoms. The molecule has 1 unspecified atom stereocenters. The normalized spacial score (nSPS) is 11.7. The highest BCUT2D eigenvalue weighted by Crippen LogP contribution is 2.15. The third-order valence-electron chi connectivity index (χ3n) is 4.50. The van der Waals surface area contributed by atoms with Crippen molar-refractivity contribution in [3.05, 3.63) is 59.7 Å². The Bertz CT molecular complexity index is 1020. The molecule has 0 radical (unpaired) electrons. The standard InChI is InChI=1S/C25H29NO9/c1-25(2,3)35-24(31)26-20(23(30)34-15-16-5-9-18(32-4)10-6-16)13-14-33-19-11-7-17(8-12-19)21(27)22(28)29/h5-12,20H,13-15H2,1-4H3,(H,26,31)(H,28,29). The zero-order valence-corrected chi connectivity index (χ0v) is 20.0. The number of hydrogen-bond donors (Lipinski definition) is 2. The molecule has 0 fully saturated rings. The number of ketones is 1. The predicted octanol–water partition coefficient (Wildman–Crippen LogP) is 3.37. The number of methoxy groups -OCH3 is 1. The van der Waals surface area contributed by atoms with Crippen molar-refractivity contribution in [2.24, 2.45) is 0 Å². The molecule has 1 amide bonds. The molecule has 2 N–H and O–H groups in total. The van der Waals surface area contributed by atoms with Crippen molar-refractivity contribution in [1.29, 1.82) is 0 Å². The second-order valence-electron chi connectivity index (χ2n) is 8.45. The molecule has 0 bridgehead atoms. The van der Waals surface area contributed by atoms with Crippen molar-refractivity contribution in [1.82, 2.24) is 5.32 Å². The lowest BCUT2D eigenvalue weighted by atomic mass is 10.1. The van der Waals surface area contributed by atoms with Gasteiger partial charge in [0.05, 0.1) is 13.7 Å². The summed E-state index contributed by atoms with van der Waals surface area (Å²) in [5, 5.41) is 11.3. The average Bonchev–Trinajstić information content (AvgIpc) is 2.81. The number of carboxylic acids is 1. The van der Waals surface area contributed by atoms with E-state index in [0.29, 0.717) is 11.5 Å². The Labute approximate surface area is 203 Å². The van der Waals surface area contributed by atoms with Crippen LogP contribution in [-0.4, -0.2) is 54.3 Å². The van der Waals surface area contributed by atoms with Crippen LogP contribution in [0.2, 0.25) is 0 Å². The zero-order valence-electron chi connectivity index (χ0n) is 20.0. The van der Waals surface area contributed by atoms with Gasteiger partial charge in [0.2, 0.25) is 0 Å². The minimum absolute atomic E-state index is 0.00471. The van der Waals surface area contributed by atoms with Gasteiger partial charge in [0, 0.05) is 12.0 Å². The van der Waals surface area contributed by atoms with Crippen LogP contribution in [0.25, 0.3) is 0 Å². The quantitative estimate of drug-likeness (QED) is 0.278. The van der Waals surface area contributed by atoms with E-state index < -0.39 is 35.5 Å². The second-order valence-corrected chi connectivity index (χ2v) is 8.45. The molecular formula is C25H29NO9. The number of esters is 1. The van der Waals surface area contributed by atoms with Gasteiger partial charge in [0.15, 0.2) is 0 Å². The number of carbonyl (C=O) groups excluding carboxylic acids is 3. The number of hydrogen-bond acceptors (Lipinski definition) is 8. The van der Waals surface area contributed by atoms with Crippen molar-refractivity contribution in [3.63, 3.8) is 0 Å². The van der Waals surface area contributed by atoms with Gasteiger partial charge in [0.25, 0.3) is 5.78 Å². The van der Waals surface area contributed by atoms with Crippen molar-refractivity contribution in [3.8, 4) is 11.5 Å². The minimum atomic E-state index is -1.55. The smallest absolute Gasteiger partial charge is 0.408 e. The topological polar surface area (TPSA) is 137 Å². The summed E-state index contributed by atoms with van der Waals surface area (Å²) in [6.45, 7) is 5.11. The van der Waals surface area contributed by atoms with Crippen molar-refractivity contribution >= 4 is 23.8 Å². The maximum Gasteiger partial charge on any atom is 0.408 e. The molecule has 188 valence electrons. The molecule has 2 rings (SSSR count). The Kier molecular flexibility index (Phi) is 9.63. The van der Waals surface area contributed by atoms with Gasteiger partial charge in [-0.1, -0.05) is 12.1 Å². The lowest BCUT2D eigenvalue weighted by Gasteiger charge is -2.23. The van der Waals surface area contributed by atoms with E-state index in [-0.39, 0.29) is 25.2 Å². The molecule has 0 aliphatic carbocycles. The fraction of sp³-hybridized carbons (Fsp3) is 0.360. The highest BCUT2D eigenvalue weighted by atomic mass is 16.6. The van der Waals surface area contributed by atoms with Gasteiger partial charge in [-0.25, -0.2) is 14.4 Å². The Morgan fingerprint density at radius 3 is 2.09 bits per heavy atom. The van der Waals surface area contributed by atoms with E-state index in [4.69, 9.17) is 24.1 Å². The number of alkyl carbamates (subject to hydrolysis) is 1. The molecule has 0 aliphatic rings. The van der Waals surface area contributed by atoms with E-state index in [2.05, 4.69) is 5.32 Å². The van der Waals surface area contributed by atoms with Gasteiger partial charge in [-0.3, -0.25) is 4.79 Å². The molecule has 2 aromatic rings. The van der Waals surface area contributed by atoms with E-state index in [0.717, 1.165) is 5.56 Å². The first-order valence-electron chi connectivity index (χ1n) is 10.8. The molecule has 0 aromatic heterocycles. The van der Waals surface area contributed by atoms with Crippen LogP contribution >= 0.6 is 0 Å². The molecule has 2 aromatic carbocycles. The number of amides is 1. The number of Topliss-reactive ketones (excluding diaryl/α,β-unsaturated/α-hetero) is 1. The number of carbonyl (C=O) groups is 4. The van der Waals surface area contributed by atoms with Crippen molar-refractivity contribution < 1.29 is 43.2 Å². The minimum Gasteiger partial charge on any atom is -0.497 e. The van der Waals surface area contributed by atoms with Gasteiger partial charge in [0.1, 0.15) is 29.7 Å². The summed E-state index contributed by atoms with van der Waals surface area (Å²) in [6, 6.07) is 11.5. The number of carboxylic acid groups (broad SMARTS) is 1. The SMILES string of the molecule is COc1ccc(COC(=O)C(CCOc2ccc(C(=O)C(=O)O)cc2)NC(=O)OC(C)(C)C)cc1. The highest BCUT2D eigenvalue weighted by Gasteiger charge is 2.26. The van der Waals surface area contributed by atoms with Crippen LogP contribution in [0.5, 0.6) is 11.5 Å². The van der Waals surface area contributed by atoms with Crippen LogP contribution in [0.4, 0.5) is 4.79 Å². The van der Waals surface area contributed by atoms with Gasteiger partial charge >= 0.3 is 18.0 Å². The first-order valence-corrected chi connectivity index (χ1v) is 10.8. The predicted molar refractivity (Wildman–Crippen MR) is 124 cm³/mol. The first-order chi connectivity index (χ1) is 16.5. The van der Waals surface area contributed by atoms with Crippen LogP contribution in [0.3, 0.4) is 0 Å². The van der Waals surface area contributed by atoms with Crippen LogP contribution in [-0.2, 0) is 25.7 Å². The van der Waals surface area contributed by atoms with E-state index in [9.17, 15) is 19.2 Å². The number of rotatable bonds is 11. The Morgan fingerprint density at radius 1 is 0.943 bits per heavy atom. The number of ether oxygens (including phenoxy) is 4. The molecule has 0 aliphatic heterocycles. The maximum absolute atomic E-state index is 12.7. The lowest BCUT2D eigenvalue weighted by Crippen LogP contribution is -2.45. The molecule has 10 nitrogen and oxygen atoms in total. The summed E-state index contributed by atoms with van der Waals surface area (Å²) in [5.41, 5.74) is -0.00775. The van der Waals surface area contributed by atoms with Crippen molar-refractivity contribution in [2.75, 3.05) is 13.7 Å². The van der Waals surface area contributed by atoms with Gasteiger partial charge < -0.3 is 29.4 Å². The summed E-state index contributed by atoms with van der Waals surface area (Å²) in [5.74, 6) is -2.23. The van der Waals surface area contributed by atoms with Crippen LogP contribution in [0.15, 0.2) is 48.5 Å². The second kappa shape index (κ2) is 12.4. The van der Waals surface area contributed by atoms with Gasteiger partial charge in [-0.05, 0) is 62.7 Å². The van der Waals surface area contributed by atoms with Crippen molar-refractivity contribution in [2.45, 2.75) is 45.4 Å². The number of benzene rings is 2. The molecule has 35 heavy (non-hydrogen) atoms. The molecule has 1 atom stereocenters. The fourth-order valence-corrected chi connectivity index (χ4v) is 2.80. The van der Waals surface area contributed by atoms with Crippen LogP contribution in [0, 0.1) is 0 Å². The monoisotopic (exact) mass is 487 g/mol. The van der Waals surface area contributed by atoms with E-state index >= 15 is 0 Å². The summed E-state index contributed by atoms with van der Waals surface area (Å²) >= 11 is 0. The van der Waals surface area contributed by atoms with Crippen LogP contribution < -0.4 is 14.8 Å². The summed E-state index contributed by atoms with van der Waals surface area (Å²) in [6.07, 6.45) is -0.711. The van der Waals surface area contributed by atoms with E-state index in [1.165, 1.54) is 24.3 Å². The molecule has 0 saturated heterocycles. The zero-order chi connectivity index (χ0) is 26.0. The third kappa shape index (κ3) is 9.36. The van der Waals surface area contributed by atoms with Gasteiger partial charge in [-0.15, -0.1) is 0 Å². The van der Waals surface area contributed by atoms with Crippen LogP contribution in [0.1, 0.15) is 43.1 Å². The molecule has 0 heterocycles. The number of nitrogens with one attached hydrogen (secondary N) is 1. The third-order valence-corrected chi connectivity index (χ3v) is 4.50. The first kappa shape index (κ1) is 27.2. The Morgan fingerprint density at radius 2 is 1.54 bits per heavy atom. The number of aliphatic carboxylic acids is 1. The summed E-state index contributed by atoms with van der Waals surface area (Å²) in [4.78, 5) is 47.2. The molecular weight excluding hydrogens is 458 g/mol. The molecule has 0 spiro atoms. The molecule has 0 saturated carbocycles. The Hall–Kier alpha value is -4.08. The van der Waals surface area contributed by atoms with E-state index in [1.54, 1.807) is 52.1 Å². The van der Waals surface area contributed by atoms with Gasteiger partial charge in [-0.2, -0.15) is 0 Å². The maximum atomic E-state index is 12.7. The lowest BCUT2D eigenvalue weighted by molar-refractivity contribution is -0.147. The Balaban J connectivity index is 1.98.